The molecule has 5 rings (SSSR count). The molecular weight excluding hydrogens is 376 g/mol. The lowest BCUT2D eigenvalue weighted by Gasteiger charge is -2.09. The molecule has 0 atom stereocenters. The van der Waals surface area contributed by atoms with E-state index in [1.54, 1.807) is 18.6 Å². The summed E-state index contributed by atoms with van der Waals surface area (Å²) in [5.41, 5.74) is 7.30. The number of H-pyrrole nitrogens is 2. The molecule has 0 saturated heterocycles. The number of nitrogens with zero attached hydrogens (tertiary/aromatic N) is 5. The van der Waals surface area contributed by atoms with Gasteiger partial charge in [0.1, 0.15) is 5.52 Å². The number of anilines is 1. The molecule has 0 saturated carbocycles. The number of hydrogen-bond acceptors (Lipinski definition) is 6. The summed E-state index contributed by atoms with van der Waals surface area (Å²) in [5, 5.41) is 10.8. The standard InChI is InChI=1S/C22H20N8/c1-3-5-13(2)25-15-10-14(11-23-12-15)16-7-8-17-19(26-16)20(30-29-17)22-27-18-6-4-9-24-21(18)28-22/h4,6-12,25H,2-3,5H2,1H3,(H,29,30)(H,24,27,28). The number of hydrogen-bond donors (Lipinski definition) is 3. The van der Waals surface area contributed by atoms with Gasteiger partial charge in [0.2, 0.25) is 0 Å². The molecule has 0 unspecified atom stereocenters. The number of nitrogens with one attached hydrogen (secondary N) is 3. The molecule has 0 amide bonds. The molecule has 5 aromatic heterocycles. The van der Waals surface area contributed by atoms with Gasteiger partial charge in [-0.3, -0.25) is 10.1 Å². The van der Waals surface area contributed by atoms with E-state index >= 15 is 0 Å². The highest BCUT2D eigenvalue weighted by molar-refractivity contribution is 5.91. The van der Waals surface area contributed by atoms with Gasteiger partial charge in [0.25, 0.3) is 0 Å². The molecule has 3 N–H and O–H groups in total. The number of fused-ring (bicyclic) bond motifs is 2. The van der Waals surface area contributed by atoms with Crippen molar-refractivity contribution in [3.05, 3.63) is 61.2 Å². The fourth-order valence-electron chi connectivity index (χ4n) is 3.40. The number of aromatic nitrogens is 7. The maximum atomic E-state index is 4.84. The molecule has 0 spiro atoms. The fourth-order valence-corrected chi connectivity index (χ4v) is 3.40. The van der Waals surface area contributed by atoms with Gasteiger partial charge >= 0.3 is 0 Å². The minimum absolute atomic E-state index is 0.629. The van der Waals surface area contributed by atoms with Crippen LogP contribution in [-0.4, -0.2) is 35.1 Å². The van der Waals surface area contributed by atoms with Crippen LogP contribution >= 0.6 is 0 Å². The smallest absolute Gasteiger partial charge is 0.178 e. The molecule has 5 heterocycles. The van der Waals surface area contributed by atoms with Crippen molar-refractivity contribution in [2.45, 2.75) is 19.8 Å². The minimum Gasteiger partial charge on any atom is -0.358 e. The van der Waals surface area contributed by atoms with Crippen LogP contribution in [0.25, 0.3) is 45.0 Å². The quantitative estimate of drug-likeness (QED) is 0.384. The molecule has 5 aromatic rings. The van der Waals surface area contributed by atoms with E-state index in [0.29, 0.717) is 17.2 Å². The third-order valence-corrected chi connectivity index (χ3v) is 4.80. The second-order valence-electron chi connectivity index (χ2n) is 7.07. The van der Waals surface area contributed by atoms with E-state index < -0.39 is 0 Å². The molecule has 148 valence electrons. The van der Waals surface area contributed by atoms with Crippen molar-refractivity contribution in [3.63, 3.8) is 0 Å². The zero-order chi connectivity index (χ0) is 20.5. The second-order valence-corrected chi connectivity index (χ2v) is 7.07. The van der Waals surface area contributed by atoms with Crippen LogP contribution < -0.4 is 5.32 Å². The van der Waals surface area contributed by atoms with Gasteiger partial charge in [-0.25, -0.2) is 15.0 Å². The Morgan fingerprint density at radius 2 is 2.07 bits per heavy atom. The Morgan fingerprint density at radius 1 is 1.13 bits per heavy atom. The first kappa shape index (κ1) is 18.0. The Hall–Kier alpha value is -4.07. The minimum atomic E-state index is 0.629. The molecule has 0 fully saturated rings. The van der Waals surface area contributed by atoms with E-state index in [1.165, 1.54) is 0 Å². The summed E-state index contributed by atoms with van der Waals surface area (Å²) < 4.78 is 0. The highest BCUT2D eigenvalue weighted by Crippen LogP contribution is 2.28. The SMILES string of the molecule is C=C(CCC)Nc1cncc(-c2ccc3[nH]nc(-c4nc5ncccc5[nH]4)c3n2)c1. The number of imidazole rings is 1. The molecule has 30 heavy (non-hydrogen) atoms. The molecule has 0 aliphatic rings. The van der Waals surface area contributed by atoms with Gasteiger partial charge in [0, 0.05) is 23.7 Å². The van der Waals surface area contributed by atoms with Crippen LogP contribution in [0.5, 0.6) is 0 Å². The Bertz CT molecular complexity index is 1330. The lowest BCUT2D eigenvalue weighted by atomic mass is 10.1. The van der Waals surface area contributed by atoms with Gasteiger partial charge in [-0.1, -0.05) is 19.9 Å². The molecule has 0 aliphatic heterocycles. The van der Waals surface area contributed by atoms with Crippen molar-refractivity contribution in [3.8, 4) is 22.8 Å². The van der Waals surface area contributed by atoms with Gasteiger partial charge in [-0.2, -0.15) is 5.10 Å². The number of rotatable bonds is 6. The Kier molecular flexibility index (Phi) is 4.44. The van der Waals surface area contributed by atoms with Crippen LogP contribution in [-0.2, 0) is 0 Å². The second kappa shape index (κ2) is 7.40. The van der Waals surface area contributed by atoms with Crippen LogP contribution in [0.3, 0.4) is 0 Å². The maximum absolute atomic E-state index is 4.84. The average molecular weight is 396 g/mol. The van der Waals surface area contributed by atoms with Crippen molar-refractivity contribution >= 4 is 27.9 Å². The molecule has 8 nitrogen and oxygen atoms in total. The largest absolute Gasteiger partial charge is 0.358 e. The van der Waals surface area contributed by atoms with Crippen molar-refractivity contribution in [2.75, 3.05) is 5.32 Å². The maximum Gasteiger partial charge on any atom is 0.178 e. The third-order valence-electron chi connectivity index (χ3n) is 4.80. The van der Waals surface area contributed by atoms with Crippen LogP contribution in [0.1, 0.15) is 19.8 Å². The summed E-state index contributed by atoms with van der Waals surface area (Å²) in [7, 11) is 0. The number of allylic oxidation sites excluding steroid dienone is 1. The van der Waals surface area contributed by atoms with Gasteiger partial charge in [-0.15, -0.1) is 0 Å². The summed E-state index contributed by atoms with van der Waals surface area (Å²) in [6.45, 7) is 6.18. The first-order valence-corrected chi connectivity index (χ1v) is 9.77. The molecule has 0 aliphatic carbocycles. The van der Waals surface area contributed by atoms with Crippen molar-refractivity contribution in [2.24, 2.45) is 0 Å². The number of pyridine rings is 3. The predicted octanol–water partition coefficient (Wildman–Crippen LogP) is 4.68. The lowest BCUT2D eigenvalue weighted by Crippen LogP contribution is -1.98. The summed E-state index contributed by atoms with van der Waals surface area (Å²) in [5.74, 6) is 0.629. The van der Waals surface area contributed by atoms with E-state index in [4.69, 9.17) is 4.98 Å². The fraction of sp³-hybridized carbons (Fsp3) is 0.136. The van der Waals surface area contributed by atoms with Gasteiger partial charge < -0.3 is 10.3 Å². The molecule has 0 radical (unpaired) electrons. The highest BCUT2D eigenvalue weighted by Gasteiger charge is 2.15. The summed E-state index contributed by atoms with van der Waals surface area (Å²) >= 11 is 0. The van der Waals surface area contributed by atoms with E-state index in [1.807, 2.05) is 30.3 Å². The zero-order valence-electron chi connectivity index (χ0n) is 16.5. The lowest BCUT2D eigenvalue weighted by molar-refractivity contribution is 0.913. The summed E-state index contributed by atoms with van der Waals surface area (Å²) in [6, 6.07) is 9.74. The van der Waals surface area contributed by atoms with Crippen LogP contribution in [0.4, 0.5) is 5.69 Å². The van der Waals surface area contributed by atoms with Crippen molar-refractivity contribution < 1.29 is 0 Å². The predicted molar refractivity (Wildman–Crippen MR) is 118 cm³/mol. The van der Waals surface area contributed by atoms with Gasteiger partial charge in [-0.05, 0) is 36.8 Å². The summed E-state index contributed by atoms with van der Waals surface area (Å²) in [6.07, 6.45) is 7.26. The first-order valence-electron chi connectivity index (χ1n) is 9.77. The molecule has 8 heteroatoms. The van der Waals surface area contributed by atoms with Crippen molar-refractivity contribution in [1.82, 2.24) is 35.1 Å². The van der Waals surface area contributed by atoms with Gasteiger partial charge in [0.05, 0.1) is 28.6 Å². The summed E-state index contributed by atoms with van der Waals surface area (Å²) in [4.78, 5) is 21.3. The zero-order valence-corrected chi connectivity index (χ0v) is 16.5. The average Bonchev–Trinajstić information content (AvgIpc) is 3.37. The van der Waals surface area contributed by atoms with E-state index in [2.05, 4.69) is 49.0 Å². The topological polar surface area (TPSA) is 108 Å². The Labute approximate surface area is 172 Å². The van der Waals surface area contributed by atoms with Crippen molar-refractivity contribution in [1.29, 1.82) is 0 Å². The van der Waals surface area contributed by atoms with Crippen LogP contribution in [0, 0.1) is 0 Å². The van der Waals surface area contributed by atoms with Crippen LogP contribution in [0.15, 0.2) is 61.2 Å². The molecule has 0 aromatic carbocycles. The van der Waals surface area contributed by atoms with E-state index in [9.17, 15) is 0 Å². The van der Waals surface area contributed by atoms with Crippen LogP contribution in [0.2, 0.25) is 0 Å². The third kappa shape index (κ3) is 3.28. The normalized spacial score (nSPS) is 11.2. The number of aromatic amines is 2. The highest BCUT2D eigenvalue weighted by atomic mass is 15.2. The monoisotopic (exact) mass is 396 g/mol. The van der Waals surface area contributed by atoms with Gasteiger partial charge in [0.15, 0.2) is 17.2 Å². The molecule has 0 bridgehead atoms. The van der Waals surface area contributed by atoms with E-state index in [0.717, 1.165) is 52.0 Å². The van der Waals surface area contributed by atoms with E-state index in [-0.39, 0.29) is 0 Å². The molecular formula is C22H20N8. The Balaban J connectivity index is 1.54. The Morgan fingerprint density at radius 3 is 2.93 bits per heavy atom. The first-order chi connectivity index (χ1) is 14.7.